The Hall–Kier alpha value is -2.14. The molecule has 0 saturated heterocycles. The van der Waals surface area contributed by atoms with E-state index < -0.39 is 23.2 Å². The molecule has 0 aromatic carbocycles. The molecule has 0 aromatic heterocycles. The first-order valence-electron chi connectivity index (χ1n) is 5.28. The molecular weight excluding hydrogens is 234 g/mol. The van der Waals surface area contributed by atoms with Gasteiger partial charge < -0.3 is 15.2 Å². The Labute approximate surface area is 107 Å². The molecule has 0 radical (unpaired) electrons. The standard InChI is InChI=1S/C13H17NO4/c1-6-8-13(9-7-2,10(15)16)14-11(17)18-12(3,4)5/h1-2H,8-9H2,3-5H3,(H,14,17)(H,15,16). The summed E-state index contributed by atoms with van der Waals surface area (Å²) in [4.78, 5) is 22.8. The van der Waals surface area contributed by atoms with Gasteiger partial charge in [-0.2, -0.15) is 0 Å². The zero-order valence-electron chi connectivity index (χ0n) is 10.7. The molecule has 0 aliphatic rings. The Kier molecular flexibility index (Phi) is 5.26. The highest BCUT2D eigenvalue weighted by Crippen LogP contribution is 2.17. The lowest BCUT2D eigenvalue weighted by atomic mass is 9.92. The highest BCUT2D eigenvalue weighted by Gasteiger charge is 2.40. The average molecular weight is 251 g/mol. The zero-order valence-corrected chi connectivity index (χ0v) is 10.7. The molecule has 0 spiro atoms. The predicted molar refractivity (Wildman–Crippen MR) is 66.6 cm³/mol. The van der Waals surface area contributed by atoms with Crippen LogP contribution in [-0.4, -0.2) is 28.3 Å². The number of ether oxygens (including phenoxy) is 1. The molecule has 0 bridgehead atoms. The van der Waals surface area contributed by atoms with E-state index in [0.29, 0.717) is 0 Å². The molecule has 0 aliphatic heterocycles. The van der Waals surface area contributed by atoms with E-state index >= 15 is 0 Å². The molecule has 2 N–H and O–H groups in total. The van der Waals surface area contributed by atoms with Crippen molar-refractivity contribution in [2.75, 3.05) is 0 Å². The minimum absolute atomic E-state index is 0.216. The van der Waals surface area contributed by atoms with Gasteiger partial charge in [-0.1, -0.05) is 0 Å². The van der Waals surface area contributed by atoms with Crippen molar-refractivity contribution < 1.29 is 19.4 Å². The van der Waals surface area contributed by atoms with Crippen molar-refractivity contribution >= 4 is 12.1 Å². The van der Waals surface area contributed by atoms with Crippen LogP contribution in [0.25, 0.3) is 0 Å². The number of alkyl carbamates (subject to hydrolysis) is 1. The van der Waals surface area contributed by atoms with Crippen molar-refractivity contribution in [2.24, 2.45) is 0 Å². The van der Waals surface area contributed by atoms with Crippen LogP contribution in [0.15, 0.2) is 0 Å². The molecule has 0 aliphatic carbocycles. The Morgan fingerprint density at radius 2 is 1.67 bits per heavy atom. The van der Waals surface area contributed by atoms with E-state index in [1.165, 1.54) is 0 Å². The lowest BCUT2D eigenvalue weighted by Crippen LogP contribution is -2.55. The Morgan fingerprint density at radius 3 is 1.94 bits per heavy atom. The van der Waals surface area contributed by atoms with Crippen molar-refractivity contribution in [1.82, 2.24) is 5.32 Å². The molecule has 18 heavy (non-hydrogen) atoms. The molecule has 0 saturated carbocycles. The van der Waals surface area contributed by atoms with Crippen LogP contribution >= 0.6 is 0 Å². The number of rotatable bonds is 4. The lowest BCUT2D eigenvalue weighted by Gasteiger charge is -2.28. The van der Waals surface area contributed by atoms with Gasteiger partial charge in [0.1, 0.15) is 5.60 Å². The molecule has 0 fully saturated rings. The molecule has 98 valence electrons. The molecular formula is C13H17NO4. The normalized spacial score (nSPS) is 10.9. The van der Waals surface area contributed by atoms with E-state index in [4.69, 9.17) is 17.6 Å². The minimum Gasteiger partial charge on any atom is -0.479 e. The van der Waals surface area contributed by atoms with E-state index in [0.717, 1.165) is 0 Å². The van der Waals surface area contributed by atoms with E-state index in [9.17, 15) is 14.7 Å². The van der Waals surface area contributed by atoms with Crippen LogP contribution in [0.2, 0.25) is 0 Å². The summed E-state index contributed by atoms with van der Waals surface area (Å²) < 4.78 is 4.99. The monoisotopic (exact) mass is 251 g/mol. The maximum absolute atomic E-state index is 11.6. The van der Waals surface area contributed by atoms with Crippen LogP contribution in [-0.2, 0) is 9.53 Å². The minimum atomic E-state index is -1.69. The Bertz CT molecular complexity index is 390. The van der Waals surface area contributed by atoms with Crippen LogP contribution in [0.5, 0.6) is 0 Å². The van der Waals surface area contributed by atoms with Crippen LogP contribution < -0.4 is 5.32 Å². The summed E-state index contributed by atoms with van der Waals surface area (Å²) in [5, 5.41) is 11.4. The molecule has 0 aromatic rings. The first-order chi connectivity index (χ1) is 8.17. The van der Waals surface area contributed by atoms with Gasteiger partial charge in [0.05, 0.1) is 0 Å². The maximum atomic E-state index is 11.6. The molecule has 0 heterocycles. The summed E-state index contributed by atoms with van der Waals surface area (Å²) in [6.45, 7) is 4.99. The number of carbonyl (C=O) groups is 2. The largest absolute Gasteiger partial charge is 0.479 e. The van der Waals surface area contributed by atoms with E-state index in [1.54, 1.807) is 20.8 Å². The summed E-state index contributed by atoms with van der Waals surface area (Å²) in [6, 6.07) is 0. The second-order valence-electron chi connectivity index (χ2n) is 4.78. The molecule has 0 atom stereocenters. The van der Waals surface area contributed by atoms with Crippen molar-refractivity contribution in [3.05, 3.63) is 0 Å². The summed E-state index contributed by atoms with van der Waals surface area (Å²) in [7, 11) is 0. The predicted octanol–water partition coefficient (Wildman–Crippen LogP) is 1.38. The average Bonchev–Trinajstić information content (AvgIpc) is 2.14. The van der Waals surface area contributed by atoms with Gasteiger partial charge in [-0.05, 0) is 20.8 Å². The number of hydrogen-bond donors (Lipinski definition) is 2. The second-order valence-corrected chi connectivity index (χ2v) is 4.78. The van der Waals surface area contributed by atoms with Crippen molar-refractivity contribution in [1.29, 1.82) is 0 Å². The molecule has 5 nitrogen and oxygen atoms in total. The first kappa shape index (κ1) is 15.9. The maximum Gasteiger partial charge on any atom is 0.408 e. The summed E-state index contributed by atoms with van der Waals surface area (Å²) in [5.74, 6) is 3.10. The Balaban J connectivity index is 5.02. The van der Waals surface area contributed by atoms with Crippen molar-refractivity contribution in [2.45, 2.75) is 44.8 Å². The second kappa shape index (κ2) is 5.97. The third kappa shape index (κ3) is 4.80. The van der Waals surface area contributed by atoms with E-state index in [1.807, 2.05) is 0 Å². The molecule has 1 amide bonds. The van der Waals surface area contributed by atoms with Crippen molar-refractivity contribution in [3.8, 4) is 24.7 Å². The number of hydrogen-bond acceptors (Lipinski definition) is 3. The smallest absolute Gasteiger partial charge is 0.408 e. The highest BCUT2D eigenvalue weighted by molar-refractivity contribution is 5.85. The number of aliphatic carboxylic acids is 1. The Morgan fingerprint density at radius 1 is 1.22 bits per heavy atom. The van der Waals surface area contributed by atoms with Crippen LogP contribution in [0.3, 0.4) is 0 Å². The van der Waals surface area contributed by atoms with Gasteiger partial charge in [0.2, 0.25) is 0 Å². The third-order valence-corrected chi connectivity index (χ3v) is 1.96. The quantitative estimate of drug-likeness (QED) is 0.740. The highest BCUT2D eigenvalue weighted by atomic mass is 16.6. The summed E-state index contributed by atoms with van der Waals surface area (Å²) in [6.07, 6.45) is 8.92. The van der Waals surface area contributed by atoms with Gasteiger partial charge in [-0.3, -0.25) is 0 Å². The van der Waals surface area contributed by atoms with Gasteiger partial charge in [-0.15, -0.1) is 24.7 Å². The first-order valence-corrected chi connectivity index (χ1v) is 5.28. The number of carboxylic acid groups (broad SMARTS) is 1. The summed E-state index contributed by atoms with van der Waals surface area (Å²) >= 11 is 0. The number of carboxylic acids is 1. The van der Waals surface area contributed by atoms with Gasteiger partial charge in [-0.25, -0.2) is 9.59 Å². The number of nitrogens with one attached hydrogen (secondary N) is 1. The molecule has 0 unspecified atom stereocenters. The van der Waals surface area contributed by atoms with Crippen molar-refractivity contribution in [3.63, 3.8) is 0 Å². The van der Waals surface area contributed by atoms with Gasteiger partial charge >= 0.3 is 12.1 Å². The fourth-order valence-corrected chi connectivity index (χ4v) is 1.20. The lowest BCUT2D eigenvalue weighted by molar-refractivity contribution is -0.144. The SMILES string of the molecule is C#CCC(CC#C)(NC(=O)OC(C)(C)C)C(=O)O. The topological polar surface area (TPSA) is 75.6 Å². The fourth-order valence-electron chi connectivity index (χ4n) is 1.20. The van der Waals surface area contributed by atoms with Gasteiger partial charge in [0.15, 0.2) is 5.54 Å². The number of amides is 1. The number of terminal acetylenes is 2. The van der Waals surface area contributed by atoms with Crippen LogP contribution in [0, 0.1) is 24.7 Å². The van der Waals surface area contributed by atoms with Crippen LogP contribution in [0.1, 0.15) is 33.6 Å². The van der Waals surface area contributed by atoms with Crippen LogP contribution in [0.4, 0.5) is 4.79 Å². The zero-order chi connectivity index (χ0) is 14.4. The molecule has 0 rings (SSSR count). The third-order valence-electron chi connectivity index (χ3n) is 1.96. The fraction of sp³-hybridized carbons (Fsp3) is 0.538. The molecule has 5 heteroatoms. The van der Waals surface area contributed by atoms with E-state index in [-0.39, 0.29) is 12.8 Å². The number of carbonyl (C=O) groups excluding carboxylic acids is 1. The van der Waals surface area contributed by atoms with Gasteiger partial charge in [0, 0.05) is 12.8 Å². The van der Waals surface area contributed by atoms with E-state index in [2.05, 4.69) is 17.2 Å². The summed E-state index contributed by atoms with van der Waals surface area (Å²) in [5.41, 5.74) is -2.42. The van der Waals surface area contributed by atoms with Gasteiger partial charge in [0.25, 0.3) is 0 Å².